The predicted octanol–water partition coefficient (Wildman–Crippen LogP) is 2.69. The third-order valence-corrected chi connectivity index (χ3v) is 4.31. The van der Waals surface area contributed by atoms with E-state index in [9.17, 15) is 9.59 Å². The van der Waals surface area contributed by atoms with Crippen molar-refractivity contribution in [3.63, 3.8) is 0 Å². The van der Waals surface area contributed by atoms with E-state index in [-0.39, 0.29) is 24.8 Å². The van der Waals surface area contributed by atoms with Gasteiger partial charge in [-0.15, -0.1) is 0 Å². The minimum Gasteiger partial charge on any atom is -0.469 e. The first-order valence-electron chi connectivity index (χ1n) is 7.49. The largest absolute Gasteiger partial charge is 0.469 e. The van der Waals surface area contributed by atoms with Crippen molar-refractivity contribution in [2.75, 3.05) is 14.2 Å². The van der Waals surface area contributed by atoms with Crippen molar-refractivity contribution >= 4 is 11.9 Å². The summed E-state index contributed by atoms with van der Waals surface area (Å²) in [7, 11) is 2.74. The number of carbonyl (C=O) groups is 2. The van der Waals surface area contributed by atoms with E-state index in [1.165, 1.54) is 25.3 Å². The van der Waals surface area contributed by atoms with Crippen molar-refractivity contribution in [2.24, 2.45) is 0 Å². The maximum absolute atomic E-state index is 11.8. The molecule has 0 atom stereocenters. The molecule has 1 aliphatic rings. The number of fused-ring (bicyclic) bond motifs is 3. The number of esters is 2. The lowest BCUT2D eigenvalue weighted by Gasteiger charge is -2.13. The molecule has 1 aliphatic carbocycles. The van der Waals surface area contributed by atoms with Crippen molar-refractivity contribution in [1.82, 2.24) is 0 Å². The highest BCUT2D eigenvalue weighted by molar-refractivity contribution is 5.83. The van der Waals surface area contributed by atoms with Crippen LogP contribution in [0.5, 0.6) is 0 Å². The second-order valence-electron chi connectivity index (χ2n) is 5.57. The van der Waals surface area contributed by atoms with Crippen LogP contribution in [0, 0.1) is 0 Å². The van der Waals surface area contributed by atoms with E-state index in [4.69, 9.17) is 9.47 Å². The molecule has 4 heteroatoms. The third-order valence-electron chi connectivity index (χ3n) is 4.31. The number of methoxy groups -OCH3 is 2. The summed E-state index contributed by atoms with van der Waals surface area (Å²) >= 11 is 0. The topological polar surface area (TPSA) is 52.6 Å². The summed E-state index contributed by atoms with van der Waals surface area (Å²) in [6.07, 6.45) is 1.10. The van der Waals surface area contributed by atoms with E-state index in [0.29, 0.717) is 0 Å². The second-order valence-corrected chi connectivity index (χ2v) is 5.57. The molecule has 0 spiro atoms. The highest BCUT2D eigenvalue weighted by Gasteiger charge is 2.24. The summed E-state index contributed by atoms with van der Waals surface area (Å²) in [6.45, 7) is 0. The molecule has 0 saturated carbocycles. The van der Waals surface area contributed by atoms with Gasteiger partial charge in [-0.05, 0) is 39.8 Å². The molecule has 4 nitrogen and oxygen atoms in total. The van der Waals surface area contributed by atoms with Gasteiger partial charge in [0.1, 0.15) is 0 Å². The van der Waals surface area contributed by atoms with Crippen LogP contribution in [0.1, 0.15) is 22.3 Å². The van der Waals surface area contributed by atoms with Gasteiger partial charge < -0.3 is 9.47 Å². The van der Waals surface area contributed by atoms with Gasteiger partial charge in [0.05, 0.1) is 27.1 Å². The fraction of sp³-hybridized carbons (Fsp3) is 0.263. The smallest absolute Gasteiger partial charge is 0.309 e. The zero-order chi connectivity index (χ0) is 16.4. The first-order chi connectivity index (χ1) is 11.1. The number of ether oxygens (including phenoxy) is 2. The standard InChI is InChI=1S/C19H18O4/c1-22-18(20)10-13-7-8-15-14-6-4-3-5-12(14)9-17(15)16(13)11-19(21)23-2/h3-8H,9-11H2,1-2H3. The van der Waals surface area contributed by atoms with Gasteiger partial charge in [0, 0.05) is 0 Å². The van der Waals surface area contributed by atoms with Crippen LogP contribution in [-0.4, -0.2) is 26.2 Å². The number of carbonyl (C=O) groups excluding carboxylic acids is 2. The van der Waals surface area contributed by atoms with Crippen LogP contribution >= 0.6 is 0 Å². The highest BCUT2D eigenvalue weighted by Crippen LogP contribution is 2.39. The maximum Gasteiger partial charge on any atom is 0.309 e. The van der Waals surface area contributed by atoms with Crippen LogP contribution in [0.4, 0.5) is 0 Å². The van der Waals surface area contributed by atoms with Gasteiger partial charge in [0.25, 0.3) is 0 Å². The quantitative estimate of drug-likeness (QED) is 0.695. The Morgan fingerprint density at radius 2 is 1.61 bits per heavy atom. The molecular weight excluding hydrogens is 292 g/mol. The van der Waals surface area contributed by atoms with Crippen LogP contribution < -0.4 is 0 Å². The van der Waals surface area contributed by atoms with Crippen LogP contribution in [0.3, 0.4) is 0 Å². The summed E-state index contributed by atoms with van der Waals surface area (Å²) in [5, 5.41) is 0. The Morgan fingerprint density at radius 3 is 2.35 bits per heavy atom. The van der Waals surface area contributed by atoms with Gasteiger partial charge >= 0.3 is 11.9 Å². The molecule has 0 amide bonds. The molecule has 3 rings (SSSR count). The van der Waals surface area contributed by atoms with E-state index in [1.807, 2.05) is 24.3 Å². The Bertz CT molecular complexity index is 777. The summed E-state index contributed by atoms with van der Waals surface area (Å²) in [6, 6.07) is 12.1. The number of hydrogen-bond donors (Lipinski definition) is 0. The van der Waals surface area contributed by atoms with E-state index < -0.39 is 0 Å². The van der Waals surface area contributed by atoms with Gasteiger partial charge in [-0.1, -0.05) is 36.4 Å². The van der Waals surface area contributed by atoms with Crippen LogP contribution in [-0.2, 0) is 38.3 Å². The molecular formula is C19H18O4. The van der Waals surface area contributed by atoms with E-state index in [0.717, 1.165) is 28.7 Å². The molecule has 2 aromatic carbocycles. The fourth-order valence-corrected chi connectivity index (χ4v) is 3.15. The fourth-order valence-electron chi connectivity index (χ4n) is 3.15. The molecule has 0 saturated heterocycles. The average Bonchev–Trinajstić information content (AvgIpc) is 2.95. The summed E-state index contributed by atoms with van der Waals surface area (Å²) in [5.74, 6) is -0.618. The molecule has 0 unspecified atom stereocenters. The zero-order valence-electron chi connectivity index (χ0n) is 13.2. The minimum absolute atomic E-state index is 0.159. The van der Waals surface area contributed by atoms with Crippen LogP contribution in [0.25, 0.3) is 11.1 Å². The summed E-state index contributed by atoms with van der Waals surface area (Å²) in [5.41, 5.74) is 6.39. The SMILES string of the molecule is COC(=O)Cc1ccc2c(c1CC(=O)OC)Cc1ccccc1-2. The van der Waals surface area contributed by atoms with Gasteiger partial charge in [-0.2, -0.15) is 0 Å². The summed E-state index contributed by atoms with van der Waals surface area (Å²) in [4.78, 5) is 23.5. The first kappa shape index (κ1) is 15.3. The lowest BCUT2D eigenvalue weighted by Crippen LogP contribution is -2.13. The number of benzene rings is 2. The molecule has 0 N–H and O–H groups in total. The van der Waals surface area contributed by atoms with Gasteiger partial charge in [0.15, 0.2) is 0 Å². The van der Waals surface area contributed by atoms with Gasteiger partial charge in [0.2, 0.25) is 0 Å². The lowest BCUT2D eigenvalue weighted by atomic mass is 9.92. The van der Waals surface area contributed by atoms with E-state index in [1.54, 1.807) is 0 Å². The highest BCUT2D eigenvalue weighted by atomic mass is 16.5. The van der Waals surface area contributed by atoms with Crippen molar-refractivity contribution < 1.29 is 19.1 Å². The normalized spacial score (nSPS) is 11.6. The molecule has 2 aromatic rings. The average molecular weight is 310 g/mol. The Kier molecular flexibility index (Phi) is 4.15. The maximum atomic E-state index is 11.8. The Hall–Kier alpha value is -2.62. The molecule has 0 aliphatic heterocycles. The molecule has 118 valence electrons. The Labute approximate surface area is 135 Å². The van der Waals surface area contributed by atoms with Crippen molar-refractivity contribution in [3.8, 4) is 11.1 Å². The summed E-state index contributed by atoms with van der Waals surface area (Å²) < 4.78 is 9.59. The van der Waals surface area contributed by atoms with Crippen molar-refractivity contribution in [1.29, 1.82) is 0 Å². The van der Waals surface area contributed by atoms with Gasteiger partial charge in [-0.3, -0.25) is 9.59 Å². The molecule has 0 fully saturated rings. The van der Waals surface area contributed by atoms with E-state index in [2.05, 4.69) is 12.1 Å². The second kappa shape index (κ2) is 6.24. The van der Waals surface area contributed by atoms with E-state index >= 15 is 0 Å². The zero-order valence-corrected chi connectivity index (χ0v) is 13.2. The van der Waals surface area contributed by atoms with Crippen LogP contribution in [0.2, 0.25) is 0 Å². The molecule has 0 aromatic heterocycles. The molecule has 0 radical (unpaired) electrons. The monoisotopic (exact) mass is 310 g/mol. The minimum atomic E-state index is -0.313. The third kappa shape index (κ3) is 2.84. The predicted molar refractivity (Wildman–Crippen MR) is 86.1 cm³/mol. The number of hydrogen-bond acceptors (Lipinski definition) is 4. The van der Waals surface area contributed by atoms with Gasteiger partial charge in [-0.25, -0.2) is 0 Å². The Balaban J connectivity index is 2.08. The molecule has 0 heterocycles. The molecule has 0 bridgehead atoms. The first-order valence-corrected chi connectivity index (χ1v) is 7.49. The lowest BCUT2D eigenvalue weighted by molar-refractivity contribution is -0.141. The van der Waals surface area contributed by atoms with Crippen molar-refractivity contribution in [2.45, 2.75) is 19.3 Å². The molecule has 23 heavy (non-hydrogen) atoms. The van der Waals surface area contributed by atoms with Crippen molar-refractivity contribution in [3.05, 3.63) is 58.7 Å². The number of rotatable bonds is 4. The van der Waals surface area contributed by atoms with Crippen LogP contribution in [0.15, 0.2) is 36.4 Å². The Morgan fingerprint density at radius 1 is 0.913 bits per heavy atom.